The van der Waals surface area contributed by atoms with Crippen LogP contribution < -0.4 is 15.8 Å². The van der Waals surface area contributed by atoms with Gasteiger partial charge in [0.1, 0.15) is 11.3 Å². The number of nitrogens with two attached hydrogens (primary N) is 1. The summed E-state index contributed by atoms with van der Waals surface area (Å²) in [5, 5.41) is 6.35. The molecule has 3 N–H and O–H groups in total. The predicted octanol–water partition coefficient (Wildman–Crippen LogP) is 4.00. The number of alkyl halides is 3. The molecule has 1 amide bonds. The Morgan fingerprint density at radius 2 is 1.93 bits per heavy atom. The van der Waals surface area contributed by atoms with Gasteiger partial charge in [-0.25, -0.2) is 0 Å². The van der Waals surface area contributed by atoms with Crippen LogP contribution in [0.25, 0.3) is 11.5 Å². The summed E-state index contributed by atoms with van der Waals surface area (Å²) >= 11 is 5.71. The molecule has 0 saturated heterocycles. The molecular weight excluding hydrogens is 391 g/mol. The molecule has 0 aliphatic heterocycles. The number of amides is 1. The molecule has 0 unspecified atom stereocenters. The topological polar surface area (TPSA) is 104 Å². The van der Waals surface area contributed by atoms with Crippen molar-refractivity contribution in [3.05, 3.63) is 52.7 Å². The third kappa shape index (κ3) is 4.53. The van der Waals surface area contributed by atoms with Gasteiger partial charge in [-0.15, -0.1) is 13.2 Å². The molecule has 0 aliphatic carbocycles. The van der Waals surface area contributed by atoms with Crippen LogP contribution in [0.5, 0.6) is 5.75 Å². The highest BCUT2D eigenvalue weighted by molar-refractivity contribution is 6.29. The van der Waals surface area contributed by atoms with Crippen molar-refractivity contribution in [2.75, 3.05) is 5.73 Å². The number of carbonyl (C=O) groups excluding carboxylic acids is 1. The standard InChI is InChI=1S/C16H11ClF3N3O4/c17-11-6-5-10(25-11)13-12(14(21)27-23-13)15(24)22-7-8-1-3-9(4-2-8)26-16(18,19)20/h1-6H,7,21H2,(H,22,24). The molecule has 0 atom stereocenters. The molecule has 1 aromatic carbocycles. The highest BCUT2D eigenvalue weighted by Crippen LogP contribution is 2.30. The Morgan fingerprint density at radius 3 is 2.52 bits per heavy atom. The van der Waals surface area contributed by atoms with E-state index in [1.54, 1.807) is 0 Å². The maximum absolute atomic E-state index is 12.4. The normalized spacial score (nSPS) is 11.4. The van der Waals surface area contributed by atoms with E-state index < -0.39 is 12.3 Å². The molecule has 2 aromatic heterocycles. The number of benzene rings is 1. The fraction of sp³-hybridized carbons (Fsp3) is 0.125. The summed E-state index contributed by atoms with van der Waals surface area (Å²) < 4.78 is 50.2. The molecule has 142 valence electrons. The van der Waals surface area contributed by atoms with Crippen LogP contribution in [0, 0.1) is 0 Å². The van der Waals surface area contributed by atoms with E-state index in [9.17, 15) is 18.0 Å². The predicted molar refractivity (Wildman–Crippen MR) is 87.9 cm³/mol. The van der Waals surface area contributed by atoms with E-state index in [-0.39, 0.29) is 40.4 Å². The highest BCUT2D eigenvalue weighted by atomic mass is 35.5. The first-order valence-electron chi connectivity index (χ1n) is 7.36. The van der Waals surface area contributed by atoms with E-state index in [4.69, 9.17) is 26.3 Å². The molecule has 0 spiro atoms. The molecule has 0 saturated carbocycles. The number of carbonyl (C=O) groups is 1. The number of nitrogen functional groups attached to an aromatic ring is 1. The largest absolute Gasteiger partial charge is 0.573 e. The number of rotatable bonds is 5. The lowest BCUT2D eigenvalue weighted by atomic mass is 10.1. The summed E-state index contributed by atoms with van der Waals surface area (Å²) in [5.74, 6) is -0.993. The second kappa shape index (κ2) is 7.23. The van der Waals surface area contributed by atoms with Gasteiger partial charge < -0.3 is 24.7 Å². The van der Waals surface area contributed by atoms with E-state index >= 15 is 0 Å². The van der Waals surface area contributed by atoms with Crippen LogP contribution in [-0.2, 0) is 6.54 Å². The molecule has 0 radical (unpaired) electrons. The van der Waals surface area contributed by atoms with Crippen LogP contribution in [0.3, 0.4) is 0 Å². The maximum Gasteiger partial charge on any atom is 0.573 e. The monoisotopic (exact) mass is 401 g/mol. The lowest BCUT2D eigenvalue weighted by Crippen LogP contribution is -2.23. The molecule has 0 aliphatic rings. The Bertz CT molecular complexity index is 951. The van der Waals surface area contributed by atoms with Crippen molar-refractivity contribution >= 4 is 23.4 Å². The number of anilines is 1. The van der Waals surface area contributed by atoms with E-state index in [2.05, 4.69) is 15.2 Å². The Labute approximate surface area is 154 Å². The molecule has 11 heteroatoms. The molecule has 2 heterocycles. The van der Waals surface area contributed by atoms with Crippen LogP contribution in [0.4, 0.5) is 19.1 Å². The second-order valence-corrected chi connectivity index (χ2v) is 5.62. The third-order valence-corrected chi connectivity index (χ3v) is 3.57. The average Bonchev–Trinajstić information content (AvgIpc) is 3.18. The van der Waals surface area contributed by atoms with E-state index in [0.717, 1.165) is 12.1 Å². The number of halogens is 4. The number of aromatic nitrogens is 1. The Morgan fingerprint density at radius 1 is 1.22 bits per heavy atom. The van der Waals surface area contributed by atoms with Crippen LogP contribution in [-0.4, -0.2) is 17.4 Å². The number of hydrogen-bond donors (Lipinski definition) is 2. The minimum Gasteiger partial charge on any atom is -0.443 e. The summed E-state index contributed by atoms with van der Waals surface area (Å²) in [4.78, 5) is 12.4. The van der Waals surface area contributed by atoms with Gasteiger partial charge in [0.2, 0.25) is 5.88 Å². The van der Waals surface area contributed by atoms with Crippen molar-refractivity contribution in [1.29, 1.82) is 0 Å². The van der Waals surface area contributed by atoms with Crippen molar-refractivity contribution in [2.24, 2.45) is 0 Å². The molecule has 3 aromatic rings. The maximum atomic E-state index is 12.4. The van der Waals surface area contributed by atoms with Crippen LogP contribution in [0.2, 0.25) is 5.22 Å². The van der Waals surface area contributed by atoms with Gasteiger partial charge in [-0.2, -0.15) is 0 Å². The summed E-state index contributed by atoms with van der Waals surface area (Å²) in [7, 11) is 0. The zero-order valence-electron chi connectivity index (χ0n) is 13.3. The zero-order valence-corrected chi connectivity index (χ0v) is 14.1. The third-order valence-electron chi connectivity index (χ3n) is 3.36. The van der Waals surface area contributed by atoms with Gasteiger partial charge in [-0.3, -0.25) is 4.79 Å². The number of furan rings is 1. The van der Waals surface area contributed by atoms with Gasteiger partial charge >= 0.3 is 6.36 Å². The SMILES string of the molecule is Nc1onc(-c2ccc(Cl)o2)c1C(=O)NCc1ccc(OC(F)(F)F)cc1. The highest BCUT2D eigenvalue weighted by Gasteiger charge is 2.31. The zero-order chi connectivity index (χ0) is 19.6. The molecule has 27 heavy (non-hydrogen) atoms. The second-order valence-electron chi connectivity index (χ2n) is 5.25. The quantitative estimate of drug-likeness (QED) is 0.669. The fourth-order valence-corrected chi connectivity index (χ4v) is 2.36. The van der Waals surface area contributed by atoms with Crippen molar-refractivity contribution < 1.29 is 31.6 Å². The van der Waals surface area contributed by atoms with Crippen molar-refractivity contribution in [3.8, 4) is 17.2 Å². The summed E-state index contributed by atoms with van der Waals surface area (Å²) in [6.07, 6.45) is -4.77. The van der Waals surface area contributed by atoms with E-state index in [0.29, 0.717) is 5.56 Å². The van der Waals surface area contributed by atoms with Gasteiger partial charge in [-0.1, -0.05) is 17.3 Å². The number of ether oxygens (including phenoxy) is 1. The fourth-order valence-electron chi connectivity index (χ4n) is 2.21. The minimum atomic E-state index is -4.77. The van der Waals surface area contributed by atoms with Crippen LogP contribution >= 0.6 is 11.6 Å². The minimum absolute atomic E-state index is 0.0219. The lowest BCUT2D eigenvalue weighted by Gasteiger charge is -2.09. The summed E-state index contributed by atoms with van der Waals surface area (Å²) in [5.41, 5.74) is 6.22. The van der Waals surface area contributed by atoms with Gasteiger partial charge in [0.05, 0.1) is 0 Å². The smallest absolute Gasteiger partial charge is 0.443 e. The molecule has 0 fully saturated rings. The first kappa shape index (κ1) is 18.6. The first-order chi connectivity index (χ1) is 12.7. The van der Waals surface area contributed by atoms with Gasteiger partial charge in [-0.05, 0) is 41.4 Å². The number of nitrogens with zero attached hydrogens (tertiary/aromatic N) is 1. The molecule has 7 nitrogen and oxygen atoms in total. The lowest BCUT2D eigenvalue weighted by molar-refractivity contribution is -0.274. The van der Waals surface area contributed by atoms with Crippen LogP contribution in [0.15, 0.2) is 45.3 Å². The Hall–Kier alpha value is -3.14. The molecule has 3 rings (SSSR count). The van der Waals surface area contributed by atoms with Crippen LogP contribution in [0.1, 0.15) is 15.9 Å². The van der Waals surface area contributed by atoms with Gasteiger partial charge in [0.25, 0.3) is 5.91 Å². The number of hydrogen-bond acceptors (Lipinski definition) is 6. The summed E-state index contributed by atoms with van der Waals surface area (Å²) in [6, 6.07) is 8.00. The Kier molecular flexibility index (Phi) is 5.00. The summed E-state index contributed by atoms with van der Waals surface area (Å²) in [6.45, 7) is 0.0219. The average molecular weight is 402 g/mol. The number of nitrogens with one attached hydrogen (secondary N) is 1. The molecule has 0 bridgehead atoms. The van der Waals surface area contributed by atoms with Crippen molar-refractivity contribution in [1.82, 2.24) is 10.5 Å². The first-order valence-corrected chi connectivity index (χ1v) is 7.74. The van der Waals surface area contributed by atoms with Gasteiger partial charge in [0, 0.05) is 6.54 Å². The molecular formula is C16H11ClF3N3O4. The van der Waals surface area contributed by atoms with Gasteiger partial charge in [0.15, 0.2) is 16.7 Å². The van der Waals surface area contributed by atoms with Crippen molar-refractivity contribution in [3.63, 3.8) is 0 Å². The Balaban J connectivity index is 1.69. The van der Waals surface area contributed by atoms with E-state index in [1.807, 2.05) is 0 Å². The van der Waals surface area contributed by atoms with E-state index in [1.165, 1.54) is 24.3 Å². The van der Waals surface area contributed by atoms with Crippen molar-refractivity contribution in [2.45, 2.75) is 12.9 Å².